The molecule has 0 saturated carbocycles. The van der Waals surface area contributed by atoms with Crippen molar-refractivity contribution < 1.29 is 13.9 Å². The number of halogens is 1. The van der Waals surface area contributed by atoms with Gasteiger partial charge in [0.25, 0.3) is 5.91 Å². The van der Waals surface area contributed by atoms with E-state index in [1.165, 1.54) is 34.8 Å². The van der Waals surface area contributed by atoms with Crippen LogP contribution in [0.1, 0.15) is 38.9 Å². The highest BCUT2D eigenvalue weighted by Crippen LogP contribution is 2.32. The maximum atomic E-state index is 13.1. The van der Waals surface area contributed by atoms with Crippen molar-refractivity contribution in [3.05, 3.63) is 69.4 Å². The van der Waals surface area contributed by atoms with Crippen molar-refractivity contribution >= 4 is 33.7 Å². The lowest BCUT2D eigenvalue weighted by molar-refractivity contribution is 0.0985. The third-order valence-electron chi connectivity index (χ3n) is 4.57. The van der Waals surface area contributed by atoms with E-state index in [2.05, 4.69) is 11.6 Å². The molecule has 4 rings (SSSR count). The van der Waals surface area contributed by atoms with Crippen LogP contribution in [0.3, 0.4) is 0 Å². The zero-order valence-electron chi connectivity index (χ0n) is 15.8. The summed E-state index contributed by atoms with van der Waals surface area (Å²) in [6, 6.07) is 5.80. The molecule has 0 aliphatic heterocycles. The summed E-state index contributed by atoms with van der Waals surface area (Å²) in [6.45, 7) is 4.37. The van der Waals surface area contributed by atoms with Gasteiger partial charge in [-0.25, -0.2) is 14.4 Å². The fourth-order valence-corrected chi connectivity index (χ4v) is 4.96. The highest BCUT2D eigenvalue weighted by molar-refractivity contribution is 7.16. The summed E-state index contributed by atoms with van der Waals surface area (Å²) in [6.07, 6.45) is 6.03. The highest BCUT2D eigenvalue weighted by Gasteiger charge is 2.25. The molecular formula is C21H20FN3O2S2. The fraction of sp³-hybridized carbons (Fsp3) is 0.286. The van der Waals surface area contributed by atoms with Gasteiger partial charge >= 0.3 is 0 Å². The summed E-state index contributed by atoms with van der Waals surface area (Å²) >= 11 is 2.95. The van der Waals surface area contributed by atoms with E-state index >= 15 is 0 Å². The van der Waals surface area contributed by atoms with Crippen molar-refractivity contribution in [2.75, 3.05) is 11.4 Å². The summed E-state index contributed by atoms with van der Waals surface area (Å²) in [5.41, 5.74) is 1.48. The van der Waals surface area contributed by atoms with Gasteiger partial charge < -0.3 is 4.74 Å². The third-order valence-corrected chi connectivity index (χ3v) is 6.57. The van der Waals surface area contributed by atoms with Gasteiger partial charge in [-0.1, -0.05) is 6.08 Å². The number of carbonyl (C=O) groups is 1. The maximum Gasteiger partial charge on any atom is 0.279 e. The monoisotopic (exact) mass is 429 g/mol. The molecule has 1 aliphatic carbocycles. The first-order valence-corrected chi connectivity index (χ1v) is 11.1. The van der Waals surface area contributed by atoms with Crippen molar-refractivity contribution in [2.24, 2.45) is 0 Å². The van der Waals surface area contributed by atoms with Crippen LogP contribution in [-0.4, -0.2) is 22.4 Å². The summed E-state index contributed by atoms with van der Waals surface area (Å²) in [5.74, 6) is 0.0436. The van der Waals surface area contributed by atoms with Crippen LogP contribution in [-0.2, 0) is 19.4 Å². The molecule has 0 saturated heterocycles. The van der Waals surface area contributed by atoms with Crippen molar-refractivity contribution in [1.82, 2.24) is 9.97 Å². The zero-order chi connectivity index (χ0) is 20.2. The largest absolute Gasteiger partial charge is 0.486 e. The van der Waals surface area contributed by atoms with E-state index in [1.54, 1.807) is 39.8 Å². The van der Waals surface area contributed by atoms with Crippen LogP contribution in [0.5, 0.6) is 5.75 Å². The molecule has 1 amide bonds. The minimum Gasteiger partial charge on any atom is -0.486 e. The Kier molecular flexibility index (Phi) is 6.01. The van der Waals surface area contributed by atoms with Crippen molar-refractivity contribution in [1.29, 1.82) is 0 Å². The molecule has 0 N–H and O–H groups in total. The van der Waals surface area contributed by atoms with Crippen molar-refractivity contribution in [3.63, 3.8) is 0 Å². The highest BCUT2D eigenvalue weighted by atomic mass is 32.1. The first kappa shape index (κ1) is 19.7. The summed E-state index contributed by atoms with van der Waals surface area (Å²) < 4.78 is 18.6. The Bertz CT molecular complexity index is 990. The number of nitrogens with zero attached hydrogens (tertiary/aromatic N) is 3. The molecule has 0 fully saturated rings. The lowest BCUT2D eigenvalue weighted by Crippen LogP contribution is -2.31. The van der Waals surface area contributed by atoms with E-state index in [9.17, 15) is 9.18 Å². The minimum atomic E-state index is -0.314. The molecule has 0 radical (unpaired) electrons. The quantitative estimate of drug-likeness (QED) is 0.495. The average Bonchev–Trinajstić information content (AvgIpc) is 3.38. The molecule has 29 heavy (non-hydrogen) atoms. The van der Waals surface area contributed by atoms with Crippen molar-refractivity contribution in [3.8, 4) is 5.75 Å². The molecule has 0 spiro atoms. The molecule has 8 heteroatoms. The number of thiazole rings is 2. The number of benzene rings is 1. The SMILES string of the molecule is C=CCN(C(=O)c1csc(COc2ccc(F)cc2)n1)c1nc2c(s1)CCCC2. The molecule has 5 nitrogen and oxygen atoms in total. The Morgan fingerprint density at radius 3 is 2.79 bits per heavy atom. The van der Waals surface area contributed by atoms with Gasteiger partial charge in [-0.3, -0.25) is 9.69 Å². The molecule has 0 atom stereocenters. The molecule has 2 aromatic heterocycles. The van der Waals surface area contributed by atoms with Gasteiger partial charge in [-0.2, -0.15) is 0 Å². The molecule has 1 aliphatic rings. The number of amides is 1. The molecule has 1 aromatic carbocycles. The summed E-state index contributed by atoms with van der Waals surface area (Å²) in [5, 5.41) is 3.11. The number of fused-ring (bicyclic) bond motifs is 1. The molecule has 0 bridgehead atoms. The summed E-state index contributed by atoms with van der Waals surface area (Å²) in [7, 11) is 0. The normalized spacial score (nSPS) is 13.0. The van der Waals surface area contributed by atoms with Crippen LogP contribution in [0.15, 0.2) is 42.3 Å². The topological polar surface area (TPSA) is 55.3 Å². The first-order chi connectivity index (χ1) is 14.1. The van der Waals surface area contributed by atoms with Crippen LogP contribution < -0.4 is 9.64 Å². The van der Waals surface area contributed by atoms with E-state index in [1.807, 2.05) is 0 Å². The second kappa shape index (κ2) is 8.84. The Morgan fingerprint density at radius 1 is 1.24 bits per heavy atom. The number of anilines is 1. The third kappa shape index (κ3) is 4.54. The lowest BCUT2D eigenvalue weighted by atomic mass is 10.0. The Hall–Kier alpha value is -2.58. The lowest BCUT2D eigenvalue weighted by Gasteiger charge is -2.16. The first-order valence-electron chi connectivity index (χ1n) is 9.38. The van der Waals surface area contributed by atoms with Crippen molar-refractivity contribution in [2.45, 2.75) is 32.3 Å². The van der Waals surface area contributed by atoms with Gasteiger partial charge in [-0.15, -0.1) is 29.3 Å². The predicted octanol–water partition coefficient (Wildman–Crippen LogP) is 5.03. The zero-order valence-corrected chi connectivity index (χ0v) is 17.4. The number of hydrogen-bond donors (Lipinski definition) is 0. The van der Waals surface area contributed by atoms with Gasteiger partial charge in [0.05, 0.1) is 5.69 Å². The Labute approximate surface area is 176 Å². The van der Waals surface area contributed by atoms with Gasteiger partial charge in [0.2, 0.25) is 0 Å². The van der Waals surface area contributed by atoms with Gasteiger partial charge in [0.1, 0.15) is 28.9 Å². The van der Waals surface area contributed by atoms with Gasteiger partial charge in [0.15, 0.2) is 5.13 Å². The number of rotatable bonds is 7. The standard InChI is InChI=1S/C21H20FN3O2S2/c1-2-11-25(21-24-16-5-3-4-6-18(16)29-21)20(26)17-13-28-19(23-17)12-27-15-9-7-14(22)8-10-15/h2,7-10,13H,1,3-6,11-12H2. The van der Waals surface area contributed by atoms with Crippen LogP contribution in [0.4, 0.5) is 9.52 Å². The number of carbonyl (C=O) groups excluding carboxylic acids is 1. The van der Waals surface area contributed by atoms with Crippen LogP contribution >= 0.6 is 22.7 Å². The predicted molar refractivity (Wildman–Crippen MR) is 113 cm³/mol. The van der Waals surface area contributed by atoms with Gasteiger partial charge in [0, 0.05) is 16.8 Å². The van der Waals surface area contributed by atoms with E-state index in [4.69, 9.17) is 9.72 Å². The summed E-state index contributed by atoms with van der Waals surface area (Å²) in [4.78, 5) is 25.1. The van der Waals surface area contributed by atoms with Crippen LogP contribution in [0, 0.1) is 5.82 Å². The second-order valence-corrected chi connectivity index (χ2v) is 8.65. The molecule has 2 heterocycles. The number of hydrogen-bond acceptors (Lipinski definition) is 6. The van der Waals surface area contributed by atoms with Crippen LogP contribution in [0.25, 0.3) is 0 Å². The number of ether oxygens (including phenoxy) is 1. The van der Waals surface area contributed by atoms with E-state index < -0.39 is 0 Å². The second-order valence-electron chi connectivity index (χ2n) is 6.65. The van der Waals surface area contributed by atoms with E-state index in [0.29, 0.717) is 28.1 Å². The Morgan fingerprint density at radius 2 is 2.03 bits per heavy atom. The minimum absolute atomic E-state index is 0.194. The van der Waals surface area contributed by atoms with E-state index in [0.717, 1.165) is 25.0 Å². The number of aromatic nitrogens is 2. The fourth-order valence-electron chi connectivity index (χ4n) is 3.12. The molecule has 150 valence electrons. The molecule has 3 aromatic rings. The number of aryl methyl sites for hydroxylation is 2. The Balaban J connectivity index is 1.47. The van der Waals surface area contributed by atoms with Crippen LogP contribution in [0.2, 0.25) is 0 Å². The van der Waals surface area contributed by atoms with Gasteiger partial charge in [-0.05, 0) is 49.9 Å². The average molecular weight is 430 g/mol. The molecule has 0 unspecified atom stereocenters. The molecular weight excluding hydrogens is 409 g/mol. The maximum absolute atomic E-state index is 13.1. The van der Waals surface area contributed by atoms with E-state index in [-0.39, 0.29) is 18.3 Å². The smallest absolute Gasteiger partial charge is 0.279 e.